The van der Waals surface area contributed by atoms with Gasteiger partial charge in [0.1, 0.15) is 4.83 Å². The summed E-state index contributed by atoms with van der Waals surface area (Å²) in [5.41, 5.74) is 1.55. The molecule has 32 heavy (non-hydrogen) atoms. The van der Waals surface area contributed by atoms with Crippen molar-refractivity contribution in [3.8, 4) is 0 Å². The fourth-order valence-corrected chi connectivity index (χ4v) is 6.28. The molecule has 0 aliphatic heterocycles. The fourth-order valence-electron chi connectivity index (χ4n) is 3.94. The largest absolute Gasteiger partial charge is 0.352 e. The molecule has 1 amide bonds. The summed E-state index contributed by atoms with van der Waals surface area (Å²) in [5.74, 6) is -0.263. The monoisotopic (exact) mass is 474 g/mol. The van der Waals surface area contributed by atoms with Crippen molar-refractivity contribution in [3.05, 3.63) is 57.0 Å². The number of amides is 1. The Bertz CT molecular complexity index is 1330. The Morgan fingerprint density at radius 1 is 1.22 bits per heavy atom. The number of hydrogen-bond donors (Lipinski definition) is 1. The molecule has 170 valence electrons. The molecule has 1 aliphatic carbocycles. The van der Waals surface area contributed by atoms with Crippen LogP contribution in [0.5, 0.6) is 0 Å². The molecule has 0 unspecified atom stereocenters. The number of nitrogens with one attached hydrogen (secondary N) is 1. The van der Waals surface area contributed by atoms with E-state index in [1.807, 2.05) is 0 Å². The van der Waals surface area contributed by atoms with Gasteiger partial charge in [-0.05, 0) is 42.9 Å². The molecule has 0 spiro atoms. The average molecular weight is 475 g/mol. The van der Waals surface area contributed by atoms with Crippen LogP contribution in [-0.4, -0.2) is 42.3 Å². The van der Waals surface area contributed by atoms with E-state index in [-0.39, 0.29) is 35.9 Å². The summed E-state index contributed by atoms with van der Waals surface area (Å²) in [6.07, 6.45) is 5.75. The molecule has 10 heteroatoms. The van der Waals surface area contributed by atoms with Gasteiger partial charge in [0.05, 0.1) is 16.6 Å². The molecule has 0 fully saturated rings. The highest BCUT2D eigenvalue weighted by Gasteiger charge is 2.22. The van der Waals surface area contributed by atoms with Crippen LogP contribution >= 0.6 is 11.3 Å². The normalized spacial score (nSPS) is 14.0. The number of thiophene rings is 1. The van der Waals surface area contributed by atoms with Crippen molar-refractivity contribution >= 4 is 37.5 Å². The van der Waals surface area contributed by atoms with Crippen molar-refractivity contribution in [1.82, 2.24) is 19.2 Å². The molecule has 0 saturated heterocycles. The molecule has 2 heterocycles. The summed E-state index contributed by atoms with van der Waals surface area (Å²) in [7, 11) is -0.670. The highest BCUT2D eigenvalue weighted by Crippen LogP contribution is 2.33. The van der Waals surface area contributed by atoms with Crippen LogP contribution in [-0.2, 0) is 40.7 Å². The van der Waals surface area contributed by atoms with E-state index in [2.05, 4.69) is 10.3 Å². The van der Waals surface area contributed by atoms with Gasteiger partial charge in [-0.1, -0.05) is 18.2 Å². The number of aryl methyl sites for hydroxylation is 3. The van der Waals surface area contributed by atoms with Crippen LogP contribution in [0.25, 0.3) is 10.2 Å². The molecule has 8 nitrogen and oxygen atoms in total. The van der Waals surface area contributed by atoms with E-state index < -0.39 is 10.0 Å². The summed E-state index contributed by atoms with van der Waals surface area (Å²) >= 11 is 1.60. The van der Waals surface area contributed by atoms with Crippen molar-refractivity contribution in [2.75, 3.05) is 14.1 Å². The first-order valence-corrected chi connectivity index (χ1v) is 12.8. The standard InChI is InChI=1S/C22H26N4O4S2/c1-25(2)32(29,30)18-10-6-3-7-15(18)13-23-19(27)11-12-26-14-24-21-20(22(26)28)16-8-4-5-9-17(16)31-21/h3,6-7,10,14H,4-5,8-9,11-13H2,1-2H3,(H,23,27). The van der Waals surface area contributed by atoms with Crippen LogP contribution in [0.3, 0.4) is 0 Å². The van der Waals surface area contributed by atoms with Gasteiger partial charge < -0.3 is 5.32 Å². The predicted molar refractivity (Wildman–Crippen MR) is 124 cm³/mol. The summed E-state index contributed by atoms with van der Waals surface area (Å²) < 4.78 is 27.6. The van der Waals surface area contributed by atoms with Crippen molar-refractivity contribution in [1.29, 1.82) is 0 Å². The number of hydrogen-bond acceptors (Lipinski definition) is 6. The Kier molecular flexibility index (Phi) is 6.45. The first-order chi connectivity index (χ1) is 15.3. The van der Waals surface area contributed by atoms with Crippen LogP contribution in [0, 0.1) is 0 Å². The lowest BCUT2D eigenvalue weighted by atomic mass is 9.97. The first kappa shape index (κ1) is 22.6. The second-order valence-corrected chi connectivity index (χ2v) is 11.3. The maximum absolute atomic E-state index is 13.0. The van der Waals surface area contributed by atoms with Crippen molar-refractivity contribution in [2.24, 2.45) is 0 Å². The molecule has 4 rings (SSSR count). The maximum atomic E-state index is 13.0. The molecule has 1 aliphatic rings. The molecular weight excluding hydrogens is 448 g/mol. The topological polar surface area (TPSA) is 101 Å². The Balaban J connectivity index is 1.44. The highest BCUT2D eigenvalue weighted by atomic mass is 32.2. The van der Waals surface area contributed by atoms with E-state index in [1.54, 1.807) is 29.5 Å². The average Bonchev–Trinajstić information content (AvgIpc) is 3.16. The smallest absolute Gasteiger partial charge is 0.262 e. The molecule has 0 atom stereocenters. The van der Waals surface area contributed by atoms with Gasteiger partial charge in [0.15, 0.2) is 0 Å². The Morgan fingerprint density at radius 2 is 1.97 bits per heavy atom. The molecule has 1 N–H and O–H groups in total. The number of nitrogens with zero attached hydrogens (tertiary/aromatic N) is 3. The molecule has 1 aromatic carbocycles. The molecule has 0 radical (unpaired) electrons. The lowest BCUT2D eigenvalue weighted by Gasteiger charge is -2.15. The van der Waals surface area contributed by atoms with Crippen molar-refractivity contribution in [3.63, 3.8) is 0 Å². The van der Waals surface area contributed by atoms with Gasteiger partial charge in [-0.3, -0.25) is 14.2 Å². The molecular formula is C22H26N4O4S2. The number of carbonyl (C=O) groups excluding carboxylic acids is 1. The van der Waals surface area contributed by atoms with Crippen LogP contribution in [0.2, 0.25) is 0 Å². The van der Waals surface area contributed by atoms with Gasteiger partial charge in [0, 0.05) is 38.5 Å². The number of fused-ring (bicyclic) bond motifs is 3. The molecule has 0 bridgehead atoms. The number of carbonyl (C=O) groups is 1. The molecule has 3 aromatic rings. The van der Waals surface area contributed by atoms with E-state index in [0.29, 0.717) is 10.9 Å². The number of rotatable bonds is 7. The van der Waals surface area contributed by atoms with E-state index in [0.717, 1.165) is 40.4 Å². The Morgan fingerprint density at radius 3 is 2.75 bits per heavy atom. The quantitative estimate of drug-likeness (QED) is 0.566. The van der Waals surface area contributed by atoms with Gasteiger partial charge in [-0.15, -0.1) is 11.3 Å². The summed E-state index contributed by atoms with van der Waals surface area (Å²) in [4.78, 5) is 32.1. The second kappa shape index (κ2) is 9.13. The van der Waals surface area contributed by atoms with Gasteiger partial charge in [0.25, 0.3) is 5.56 Å². The minimum atomic E-state index is -3.61. The van der Waals surface area contributed by atoms with Crippen LogP contribution < -0.4 is 10.9 Å². The van der Waals surface area contributed by atoms with E-state index in [9.17, 15) is 18.0 Å². The summed E-state index contributed by atoms with van der Waals surface area (Å²) in [5, 5.41) is 3.47. The Hall–Kier alpha value is -2.56. The SMILES string of the molecule is CN(C)S(=O)(=O)c1ccccc1CNC(=O)CCn1cnc2sc3c(c2c1=O)CCCC3. The Labute approximate surface area is 190 Å². The van der Waals surface area contributed by atoms with E-state index in [1.165, 1.54) is 35.9 Å². The highest BCUT2D eigenvalue weighted by molar-refractivity contribution is 7.89. The van der Waals surface area contributed by atoms with Gasteiger partial charge >= 0.3 is 0 Å². The van der Waals surface area contributed by atoms with Gasteiger partial charge in [-0.25, -0.2) is 17.7 Å². The van der Waals surface area contributed by atoms with Crippen LogP contribution in [0.1, 0.15) is 35.3 Å². The van der Waals surface area contributed by atoms with E-state index >= 15 is 0 Å². The predicted octanol–water partition coefficient (Wildman–Crippen LogP) is 2.29. The first-order valence-electron chi connectivity index (χ1n) is 10.6. The zero-order valence-corrected chi connectivity index (χ0v) is 19.8. The second-order valence-electron chi connectivity index (χ2n) is 8.06. The number of sulfonamides is 1. The third-order valence-electron chi connectivity index (χ3n) is 5.73. The lowest BCUT2D eigenvalue weighted by molar-refractivity contribution is -0.121. The van der Waals surface area contributed by atoms with Gasteiger partial charge in [-0.2, -0.15) is 0 Å². The molecule has 2 aromatic heterocycles. The minimum Gasteiger partial charge on any atom is -0.352 e. The molecule has 0 saturated carbocycles. The fraction of sp³-hybridized carbons (Fsp3) is 0.409. The number of benzene rings is 1. The summed E-state index contributed by atoms with van der Waals surface area (Å²) in [6.45, 7) is 0.308. The van der Waals surface area contributed by atoms with Crippen molar-refractivity contribution in [2.45, 2.75) is 50.1 Å². The summed E-state index contributed by atoms with van der Waals surface area (Å²) in [6, 6.07) is 6.59. The van der Waals surface area contributed by atoms with Crippen molar-refractivity contribution < 1.29 is 13.2 Å². The lowest BCUT2D eigenvalue weighted by Crippen LogP contribution is -2.29. The minimum absolute atomic E-state index is 0.0896. The van der Waals surface area contributed by atoms with Crippen LogP contribution in [0.4, 0.5) is 0 Å². The zero-order valence-electron chi connectivity index (χ0n) is 18.1. The van der Waals surface area contributed by atoms with Gasteiger partial charge in [0.2, 0.25) is 15.9 Å². The van der Waals surface area contributed by atoms with Crippen LogP contribution in [0.15, 0.2) is 40.3 Å². The number of aromatic nitrogens is 2. The zero-order chi connectivity index (χ0) is 22.9. The third kappa shape index (κ3) is 4.35. The maximum Gasteiger partial charge on any atom is 0.262 e. The third-order valence-corrected chi connectivity index (χ3v) is 8.84. The van der Waals surface area contributed by atoms with E-state index in [4.69, 9.17) is 0 Å².